The first-order valence-electron chi connectivity index (χ1n) is 10.0. The fraction of sp³-hybridized carbons (Fsp3) is 0.423. The van der Waals surface area contributed by atoms with E-state index in [9.17, 15) is 0 Å². The summed E-state index contributed by atoms with van der Waals surface area (Å²) in [5.74, 6) is 0. The second kappa shape index (κ2) is 5.67. The van der Waals surface area contributed by atoms with E-state index in [1.54, 1.807) is 0 Å². The van der Waals surface area contributed by atoms with Gasteiger partial charge in [-0.2, -0.15) is 0 Å². The minimum absolute atomic E-state index is 0.0857. The maximum absolute atomic E-state index is 4.91. The molecule has 0 aliphatic heterocycles. The number of fused-ring (bicyclic) bond motifs is 2. The van der Waals surface area contributed by atoms with Crippen LogP contribution in [0.3, 0.4) is 0 Å². The van der Waals surface area contributed by atoms with Crippen LogP contribution in [0.15, 0.2) is 48.7 Å². The summed E-state index contributed by atoms with van der Waals surface area (Å²) in [6, 6.07) is 15.7. The van der Waals surface area contributed by atoms with Crippen molar-refractivity contribution in [3.63, 3.8) is 0 Å². The van der Waals surface area contributed by atoms with Gasteiger partial charge in [0.25, 0.3) is 0 Å². The van der Waals surface area contributed by atoms with Crippen LogP contribution in [0.25, 0.3) is 22.0 Å². The zero-order valence-electron chi connectivity index (χ0n) is 17.8. The molecule has 1 nitrogen and oxygen atoms in total. The molecule has 0 N–H and O–H groups in total. The lowest BCUT2D eigenvalue weighted by Gasteiger charge is -2.25. The third kappa shape index (κ3) is 2.88. The molecule has 0 saturated heterocycles. The van der Waals surface area contributed by atoms with Crippen molar-refractivity contribution in [2.24, 2.45) is 0 Å². The molecule has 1 aliphatic rings. The molecule has 0 amide bonds. The first-order chi connectivity index (χ1) is 12.5. The molecule has 0 radical (unpaired) electrons. The van der Waals surface area contributed by atoms with E-state index in [1.165, 1.54) is 38.7 Å². The molecule has 1 heteroatoms. The van der Waals surface area contributed by atoms with Crippen molar-refractivity contribution in [1.82, 2.24) is 4.98 Å². The first-order valence-corrected chi connectivity index (χ1v) is 10.0. The molecule has 4 rings (SSSR count). The Morgan fingerprint density at radius 1 is 0.889 bits per heavy atom. The molecule has 0 saturated carbocycles. The highest BCUT2D eigenvalue weighted by atomic mass is 14.7. The smallest absolute Gasteiger partial charge is 0.0742 e. The lowest BCUT2D eigenvalue weighted by Crippen LogP contribution is -2.18. The summed E-state index contributed by atoms with van der Waals surface area (Å²) in [4.78, 5) is 4.91. The zero-order valence-corrected chi connectivity index (χ0v) is 17.8. The Hall–Kier alpha value is -2.15. The van der Waals surface area contributed by atoms with Crippen LogP contribution >= 0.6 is 0 Å². The van der Waals surface area contributed by atoms with Crippen LogP contribution in [0.4, 0.5) is 0 Å². The molecular weight excluding hydrogens is 326 g/mol. The van der Waals surface area contributed by atoms with Gasteiger partial charge in [0, 0.05) is 11.8 Å². The summed E-state index contributed by atoms with van der Waals surface area (Å²) in [6.07, 6.45) is 3.16. The van der Waals surface area contributed by atoms with Crippen molar-refractivity contribution in [3.05, 3.63) is 65.4 Å². The average molecular weight is 358 g/mol. The fourth-order valence-electron chi connectivity index (χ4n) is 5.29. The topological polar surface area (TPSA) is 12.9 Å². The minimum Gasteiger partial charge on any atom is -0.256 e. The van der Waals surface area contributed by atoms with E-state index < -0.39 is 0 Å². The summed E-state index contributed by atoms with van der Waals surface area (Å²) in [5.41, 5.74) is 7.12. The van der Waals surface area contributed by atoms with Crippen molar-refractivity contribution in [1.29, 1.82) is 0 Å². The van der Waals surface area contributed by atoms with Crippen LogP contribution in [-0.2, 0) is 16.2 Å². The van der Waals surface area contributed by atoms with E-state index in [0.29, 0.717) is 0 Å². The van der Waals surface area contributed by atoms with Gasteiger partial charge in [0.05, 0.1) is 5.69 Å². The summed E-state index contributed by atoms with van der Waals surface area (Å²) in [5, 5.41) is 2.65. The van der Waals surface area contributed by atoms with Crippen molar-refractivity contribution >= 4 is 10.8 Å². The van der Waals surface area contributed by atoms with E-state index in [-0.39, 0.29) is 16.2 Å². The summed E-state index contributed by atoms with van der Waals surface area (Å²) >= 11 is 0. The summed E-state index contributed by atoms with van der Waals surface area (Å²) in [6.45, 7) is 16.4. The Morgan fingerprint density at radius 3 is 2.30 bits per heavy atom. The van der Waals surface area contributed by atoms with E-state index in [2.05, 4.69) is 90.9 Å². The van der Waals surface area contributed by atoms with Crippen LogP contribution in [0, 0.1) is 0 Å². The molecule has 1 heterocycles. The average Bonchev–Trinajstić information content (AvgIpc) is 2.77. The predicted molar refractivity (Wildman–Crippen MR) is 117 cm³/mol. The lowest BCUT2D eigenvalue weighted by molar-refractivity contribution is 0.403. The van der Waals surface area contributed by atoms with Gasteiger partial charge in [0.15, 0.2) is 0 Å². The number of nitrogens with zero attached hydrogens (tertiary/aromatic N) is 1. The van der Waals surface area contributed by atoms with E-state index in [4.69, 9.17) is 4.98 Å². The number of hydrogen-bond acceptors (Lipinski definition) is 1. The number of aromatic nitrogens is 1. The second-order valence-electron chi connectivity index (χ2n) is 10.5. The Balaban J connectivity index is 2.05. The maximum atomic E-state index is 4.91. The molecule has 0 atom stereocenters. The molecule has 27 heavy (non-hydrogen) atoms. The fourth-order valence-corrected chi connectivity index (χ4v) is 5.29. The molecule has 2 aromatic carbocycles. The number of benzene rings is 2. The third-order valence-electron chi connectivity index (χ3n) is 6.18. The van der Waals surface area contributed by atoms with Gasteiger partial charge in [0.1, 0.15) is 0 Å². The molecule has 0 spiro atoms. The van der Waals surface area contributed by atoms with Crippen LogP contribution in [0.5, 0.6) is 0 Å². The van der Waals surface area contributed by atoms with Gasteiger partial charge in [-0.25, -0.2) is 0 Å². The standard InChI is InChI=1S/C26H31N/c1-24(2,3)21-15-18(14-17-10-8-9-11-19(17)21)23-22-20(12-13-27-23)25(4,5)16-26(22,6)7/h8-15H,16H2,1-7H3. The van der Waals surface area contributed by atoms with Gasteiger partial charge in [0.2, 0.25) is 0 Å². The summed E-state index contributed by atoms with van der Waals surface area (Å²) in [7, 11) is 0. The Labute approximate surface area is 163 Å². The molecule has 1 aliphatic carbocycles. The maximum Gasteiger partial charge on any atom is 0.0742 e. The third-order valence-corrected chi connectivity index (χ3v) is 6.18. The largest absolute Gasteiger partial charge is 0.256 e. The molecule has 0 bridgehead atoms. The van der Waals surface area contributed by atoms with Crippen LogP contribution in [0.1, 0.15) is 71.6 Å². The van der Waals surface area contributed by atoms with E-state index >= 15 is 0 Å². The molecule has 1 aromatic heterocycles. The molecule has 0 fully saturated rings. The van der Waals surface area contributed by atoms with Crippen molar-refractivity contribution < 1.29 is 0 Å². The van der Waals surface area contributed by atoms with Gasteiger partial charge in [-0.3, -0.25) is 4.98 Å². The molecule has 3 aromatic rings. The predicted octanol–water partition coefficient (Wildman–Crippen LogP) is 7.16. The molecular formula is C26H31N. The van der Waals surface area contributed by atoms with Gasteiger partial charge in [-0.05, 0) is 68.3 Å². The zero-order chi connectivity index (χ0) is 19.6. The highest BCUT2D eigenvalue weighted by Crippen LogP contribution is 2.52. The lowest BCUT2D eigenvalue weighted by atomic mass is 9.79. The number of rotatable bonds is 1. The highest BCUT2D eigenvalue weighted by Gasteiger charge is 2.43. The Kier molecular flexibility index (Phi) is 3.83. The van der Waals surface area contributed by atoms with Crippen molar-refractivity contribution in [3.8, 4) is 11.3 Å². The SMILES string of the molecule is CC(C)(C)c1cc(-c2nccc3c2C(C)(C)CC3(C)C)cc2ccccc12. The number of hydrogen-bond donors (Lipinski definition) is 0. The highest BCUT2D eigenvalue weighted by molar-refractivity contribution is 5.91. The molecule has 140 valence electrons. The second-order valence-corrected chi connectivity index (χ2v) is 10.5. The first kappa shape index (κ1) is 18.2. The van der Waals surface area contributed by atoms with Crippen LogP contribution < -0.4 is 0 Å². The van der Waals surface area contributed by atoms with Crippen molar-refractivity contribution in [2.75, 3.05) is 0 Å². The Morgan fingerprint density at radius 2 is 1.59 bits per heavy atom. The number of pyridine rings is 1. The minimum atomic E-state index is 0.0857. The quantitative estimate of drug-likeness (QED) is 0.450. The molecule has 0 unspecified atom stereocenters. The van der Waals surface area contributed by atoms with E-state index in [0.717, 1.165) is 6.42 Å². The van der Waals surface area contributed by atoms with Gasteiger partial charge in [-0.15, -0.1) is 0 Å². The van der Waals surface area contributed by atoms with E-state index in [1.807, 2.05) is 6.20 Å². The normalized spacial score (nSPS) is 17.9. The monoisotopic (exact) mass is 357 g/mol. The van der Waals surface area contributed by atoms with Crippen LogP contribution in [0.2, 0.25) is 0 Å². The van der Waals surface area contributed by atoms with Gasteiger partial charge >= 0.3 is 0 Å². The van der Waals surface area contributed by atoms with Crippen LogP contribution in [-0.4, -0.2) is 4.98 Å². The van der Waals surface area contributed by atoms with Crippen molar-refractivity contribution in [2.45, 2.75) is 71.1 Å². The Bertz CT molecular complexity index is 1030. The summed E-state index contributed by atoms with van der Waals surface area (Å²) < 4.78 is 0. The van der Waals surface area contributed by atoms with Gasteiger partial charge < -0.3 is 0 Å². The van der Waals surface area contributed by atoms with Gasteiger partial charge in [-0.1, -0.05) is 72.7 Å².